The number of aliphatic hydroxyl groups is 1. The Morgan fingerprint density at radius 3 is 2.88 bits per heavy atom. The SMILES string of the molecule is N#CCC1(COc2cccc(CO)c2)CC1. The molecule has 1 N–H and O–H groups in total. The Labute approximate surface area is 95.3 Å². The van der Waals surface area contributed by atoms with E-state index in [1.807, 2.05) is 24.3 Å². The van der Waals surface area contributed by atoms with Crippen LogP contribution in [0.15, 0.2) is 24.3 Å². The van der Waals surface area contributed by atoms with E-state index in [-0.39, 0.29) is 12.0 Å². The first-order chi connectivity index (χ1) is 7.78. The smallest absolute Gasteiger partial charge is 0.119 e. The first kappa shape index (κ1) is 11.0. The molecule has 3 nitrogen and oxygen atoms in total. The Kier molecular flexibility index (Phi) is 3.12. The molecular weight excluding hydrogens is 202 g/mol. The molecule has 0 saturated heterocycles. The Morgan fingerprint density at radius 2 is 2.25 bits per heavy atom. The van der Waals surface area contributed by atoms with Gasteiger partial charge in [-0.2, -0.15) is 5.26 Å². The van der Waals surface area contributed by atoms with Crippen LogP contribution in [0.5, 0.6) is 5.75 Å². The summed E-state index contributed by atoms with van der Waals surface area (Å²) >= 11 is 0. The lowest BCUT2D eigenvalue weighted by atomic mass is 10.1. The first-order valence-corrected chi connectivity index (χ1v) is 5.48. The molecule has 0 radical (unpaired) electrons. The topological polar surface area (TPSA) is 53.2 Å². The van der Waals surface area contributed by atoms with E-state index in [2.05, 4.69) is 6.07 Å². The summed E-state index contributed by atoms with van der Waals surface area (Å²) in [5.41, 5.74) is 0.951. The van der Waals surface area contributed by atoms with E-state index in [4.69, 9.17) is 15.1 Å². The summed E-state index contributed by atoms with van der Waals surface area (Å²) in [6.07, 6.45) is 2.74. The fraction of sp³-hybridized carbons (Fsp3) is 0.462. The van der Waals surface area contributed by atoms with Crippen LogP contribution in [0.25, 0.3) is 0 Å². The van der Waals surface area contributed by atoms with Crippen LogP contribution in [-0.2, 0) is 6.61 Å². The molecule has 0 atom stereocenters. The van der Waals surface area contributed by atoms with Crippen LogP contribution in [0.1, 0.15) is 24.8 Å². The highest BCUT2D eigenvalue weighted by Gasteiger charge is 2.43. The third-order valence-electron chi connectivity index (χ3n) is 3.04. The van der Waals surface area contributed by atoms with Crippen molar-refractivity contribution in [2.75, 3.05) is 6.61 Å². The number of nitrogens with zero attached hydrogens (tertiary/aromatic N) is 1. The maximum absolute atomic E-state index is 8.99. The van der Waals surface area contributed by atoms with Crippen LogP contribution < -0.4 is 4.74 Å². The second kappa shape index (κ2) is 4.54. The molecule has 16 heavy (non-hydrogen) atoms. The summed E-state index contributed by atoms with van der Waals surface area (Å²) in [6, 6.07) is 9.64. The van der Waals surface area contributed by atoms with E-state index in [1.165, 1.54) is 0 Å². The van der Waals surface area contributed by atoms with Gasteiger partial charge < -0.3 is 9.84 Å². The lowest BCUT2D eigenvalue weighted by molar-refractivity contribution is 0.235. The number of benzene rings is 1. The zero-order valence-electron chi connectivity index (χ0n) is 9.15. The van der Waals surface area contributed by atoms with E-state index in [0.29, 0.717) is 13.0 Å². The summed E-state index contributed by atoms with van der Waals surface area (Å²) in [7, 11) is 0. The van der Waals surface area contributed by atoms with Crippen molar-refractivity contribution in [1.29, 1.82) is 5.26 Å². The van der Waals surface area contributed by atoms with Crippen molar-refractivity contribution in [1.82, 2.24) is 0 Å². The van der Waals surface area contributed by atoms with E-state index >= 15 is 0 Å². The quantitative estimate of drug-likeness (QED) is 0.823. The zero-order chi connectivity index (χ0) is 11.4. The van der Waals surface area contributed by atoms with Crippen LogP contribution in [-0.4, -0.2) is 11.7 Å². The van der Waals surface area contributed by atoms with Crippen LogP contribution in [0.2, 0.25) is 0 Å². The Balaban J connectivity index is 1.92. The Bertz CT molecular complexity index is 405. The van der Waals surface area contributed by atoms with Gasteiger partial charge in [0.15, 0.2) is 0 Å². The molecule has 0 bridgehead atoms. The van der Waals surface area contributed by atoms with Crippen LogP contribution in [0, 0.1) is 16.7 Å². The normalized spacial score (nSPS) is 16.5. The molecule has 1 saturated carbocycles. The molecule has 0 aliphatic heterocycles. The van der Waals surface area contributed by atoms with Crippen molar-refractivity contribution in [2.45, 2.75) is 25.9 Å². The largest absolute Gasteiger partial charge is 0.493 e. The molecule has 1 aliphatic rings. The van der Waals surface area contributed by atoms with Gasteiger partial charge in [-0.3, -0.25) is 0 Å². The van der Waals surface area contributed by atoms with Crippen molar-refractivity contribution in [3.63, 3.8) is 0 Å². The second-order valence-electron chi connectivity index (χ2n) is 4.43. The fourth-order valence-corrected chi connectivity index (χ4v) is 1.69. The van der Waals surface area contributed by atoms with Gasteiger partial charge in [-0.1, -0.05) is 12.1 Å². The van der Waals surface area contributed by atoms with Crippen LogP contribution in [0.4, 0.5) is 0 Å². The summed E-state index contributed by atoms with van der Waals surface area (Å²) < 4.78 is 5.67. The minimum atomic E-state index is 0.0283. The van der Waals surface area contributed by atoms with Gasteiger partial charge in [0.05, 0.1) is 19.3 Å². The van der Waals surface area contributed by atoms with Crippen LogP contribution in [0.3, 0.4) is 0 Å². The van der Waals surface area contributed by atoms with Crippen molar-refractivity contribution >= 4 is 0 Å². The predicted molar refractivity (Wildman–Crippen MR) is 59.8 cm³/mol. The molecule has 0 unspecified atom stereocenters. The van der Waals surface area contributed by atoms with Gasteiger partial charge in [0.2, 0.25) is 0 Å². The molecule has 0 spiro atoms. The molecule has 0 amide bonds. The summed E-state index contributed by atoms with van der Waals surface area (Å²) in [4.78, 5) is 0. The van der Waals surface area contributed by atoms with Crippen molar-refractivity contribution in [3.05, 3.63) is 29.8 Å². The lowest BCUT2D eigenvalue weighted by Gasteiger charge is -2.13. The number of aliphatic hydroxyl groups excluding tert-OH is 1. The van der Waals surface area contributed by atoms with Crippen molar-refractivity contribution in [3.8, 4) is 11.8 Å². The minimum Gasteiger partial charge on any atom is -0.493 e. The summed E-state index contributed by atoms with van der Waals surface area (Å²) in [5.74, 6) is 0.774. The van der Waals surface area contributed by atoms with Gasteiger partial charge in [-0.25, -0.2) is 0 Å². The first-order valence-electron chi connectivity index (χ1n) is 5.48. The minimum absolute atomic E-state index is 0.0283. The Morgan fingerprint density at radius 1 is 1.44 bits per heavy atom. The summed E-state index contributed by atoms with van der Waals surface area (Å²) in [6.45, 7) is 0.635. The predicted octanol–water partition coefficient (Wildman–Crippen LogP) is 2.25. The maximum atomic E-state index is 8.99. The molecule has 0 heterocycles. The number of hydrogen-bond acceptors (Lipinski definition) is 3. The lowest BCUT2D eigenvalue weighted by Crippen LogP contribution is -2.12. The van der Waals surface area contributed by atoms with E-state index in [0.717, 1.165) is 24.2 Å². The van der Waals surface area contributed by atoms with E-state index < -0.39 is 0 Å². The molecule has 0 aromatic heterocycles. The number of rotatable bonds is 5. The third kappa shape index (κ3) is 2.53. The second-order valence-corrected chi connectivity index (χ2v) is 4.43. The maximum Gasteiger partial charge on any atom is 0.119 e. The van der Waals surface area contributed by atoms with Gasteiger partial charge in [-0.15, -0.1) is 0 Å². The number of hydrogen-bond donors (Lipinski definition) is 1. The van der Waals surface area contributed by atoms with Crippen LogP contribution >= 0.6 is 0 Å². The van der Waals surface area contributed by atoms with Gasteiger partial charge in [-0.05, 0) is 30.5 Å². The highest BCUT2D eigenvalue weighted by atomic mass is 16.5. The number of nitriles is 1. The fourth-order valence-electron chi connectivity index (χ4n) is 1.69. The van der Waals surface area contributed by atoms with E-state index in [1.54, 1.807) is 0 Å². The highest BCUT2D eigenvalue weighted by Crippen LogP contribution is 2.48. The third-order valence-corrected chi connectivity index (χ3v) is 3.04. The summed E-state index contributed by atoms with van der Waals surface area (Å²) in [5, 5.41) is 17.7. The average Bonchev–Trinajstić information content (AvgIpc) is 3.08. The molecule has 1 aromatic carbocycles. The van der Waals surface area contributed by atoms with Crippen molar-refractivity contribution in [2.24, 2.45) is 5.41 Å². The molecule has 1 aliphatic carbocycles. The van der Waals surface area contributed by atoms with Crippen molar-refractivity contribution < 1.29 is 9.84 Å². The zero-order valence-corrected chi connectivity index (χ0v) is 9.15. The average molecular weight is 217 g/mol. The highest BCUT2D eigenvalue weighted by molar-refractivity contribution is 5.28. The van der Waals surface area contributed by atoms with Gasteiger partial charge >= 0.3 is 0 Å². The molecule has 84 valence electrons. The van der Waals surface area contributed by atoms with Gasteiger partial charge in [0, 0.05) is 11.8 Å². The molecule has 3 heteroatoms. The standard InChI is InChI=1S/C13H15NO2/c14-7-6-13(4-5-13)10-16-12-3-1-2-11(8-12)9-15/h1-3,8,15H,4-6,9-10H2. The van der Waals surface area contributed by atoms with E-state index in [9.17, 15) is 0 Å². The monoisotopic (exact) mass is 217 g/mol. The van der Waals surface area contributed by atoms with Gasteiger partial charge in [0.25, 0.3) is 0 Å². The molecule has 1 fully saturated rings. The van der Waals surface area contributed by atoms with Gasteiger partial charge in [0.1, 0.15) is 5.75 Å². The number of ether oxygens (including phenoxy) is 1. The Hall–Kier alpha value is -1.53. The molecular formula is C13H15NO2. The molecule has 1 aromatic rings. The molecule has 2 rings (SSSR count).